The molecule has 2 heterocycles. The molecule has 0 radical (unpaired) electrons. The third-order valence-electron chi connectivity index (χ3n) is 6.48. The van der Waals surface area contributed by atoms with Crippen molar-refractivity contribution in [2.24, 2.45) is 0 Å². The van der Waals surface area contributed by atoms with E-state index in [9.17, 15) is 18.8 Å². The summed E-state index contributed by atoms with van der Waals surface area (Å²) < 4.78 is 16.3. The molecular formula is C27H29BrFN5O3. The second-order valence-corrected chi connectivity index (χ2v) is 10.3. The molecule has 0 bridgehead atoms. The van der Waals surface area contributed by atoms with Crippen LogP contribution in [0.2, 0.25) is 0 Å². The first-order chi connectivity index (χ1) is 17.5. The van der Waals surface area contributed by atoms with E-state index in [1.807, 2.05) is 20.8 Å². The maximum Gasteiger partial charge on any atom is 0.263 e. The van der Waals surface area contributed by atoms with E-state index in [4.69, 9.17) is 4.98 Å². The van der Waals surface area contributed by atoms with Gasteiger partial charge in [0.05, 0.1) is 22.4 Å². The molecule has 3 aromatic rings. The second-order valence-electron chi connectivity index (χ2n) is 9.45. The Morgan fingerprint density at radius 3 is 2.46 bits per heavy atom. The predicted molar refractivity (Wildman–Crippen MR) is 144 cm³/mol. The first-order valence-electron chi connectivity index (χ1n) is 12.0. The SMILES string of the molecule is CNC(=O)c1ccc(-n2c(NC(C)C)nc3c(c2=O)C[C@@H](C)N(C(=O)c2ccc(Br)c(F)c2C)C3)cc1. The molecule has 37 heavy (non-hydrogen) atoms. The van der Waals surface area contributed by atoms with Gasteiger partial charge >= 0.3 is 0 Å². The van der Waals surface area contributed by atoms with E-state index in [-0.39, 0.29) is 47.1 Å². The van der Waals surface area contributed by atoms with Crippen molar-refractivity contribution < 1.29 is 14.0 Å². The highest BCUT2D eigenvalue weighted by molar-refractivity contribution is 9.10. The maximum absolute atomic E-state index is 14.5. The topological polar surface area (TPSA) is 96.3 Å². The van der Waals surface area contributed by atoms with Crippen molar-refractivity contribution in [1.29, 1.82) is 0 Å². The number of aromatic nitrogens is 2. The summed E-state index contributed by atoms with van der Waals surface area (Å²) in [6, 6.07) is 9.53. The van der Waals surface area contributed by atoms with E-state index in [2.05, 4.69) is 26.6 Å². The van der Waals surface area contributed by atoms with Crippen molar-refractivity contribution in [3.8, 4) is 5.69 Å². The van der Waals surface area contributed by atoms with E-state index in [1.165, 1.54) is 10.6 Å². The molecule has 2 aromatic carbocycles. The Bertz CT molecular complexity index is 1440. The van der Waals surface area contributed by atoms with Gasteiger partial charge in [-0.25, -0.2) is 13.9 Å². The molecule has 2 N–H and O–H groups in total. The number of hydrogen-bond donors (Lipinski definition) is 2. The van der Waals surface area contributed by atoms with E-state index in [1.54, 1.807) is 49.2 Å². The molecule has 194 valence electrons. The highest BCUT2D eigenvalue weighted by Gasteiger charge is 2.33. The maximum atomic E-state index is 14.5. The van der Waals surface area contributed by atoms with Crippen molar-refractivity contribution in [2.75, 3.05) is 12.4 Å². The Kier molecular flexibility index (Phi) is 7.49. The van der Waals surface area contributed by atoms with Gasteiger partial charge in [-0.15, -0.1) is 0 Å². The highest BCUT2D eigenvalue weighted by atomic mass is 79.9. The summed E-state index contributed by atoms with van der Waals surface area (Å²) in [5.74, 6) is -0.652. The van der Waals surface area contributed by atoms with Gasteiger partial charge in [-0.2, -0.15) is 0 Å². The van der Waals surface area contributed by atoms with Crippen LogP contribution in [0, 0.1) is 12.7 Å². The van der Waals surface area contributed by atoms with Crippen LogP contribution in [-0.2, 0) is 13.0 Å². The van der Waals surface area contributed by atoms with Crippen LogP contribution >= 0.6 is 15.9 Å². The lowest BCUT2D eigenvalue weighted by molar-refractivity contribution is 0.0651. The van der Waals surface area contributed by atoms with Crippen LogP contribution in [0.3, 0.4) is 0 Å². The van der Waals surface area contributed by atoms with Crippen LogP contribution in [-0.4, -0.2) is 45.4 Å². The van der Waals surface area contributed by atoms with Crippen LogP contribution in [0.25, 0.3) is 5.69 Å². The summed E-state index contributed by atoms with van der Waals surface area (Å²) in [6.07, 6.45) is 0.309. The zero-order valence-electron chi connectivity index (χ0n) is 21.4. The molecule has 0 saturated carbocycles. The average molecular weight is 570 g/mol. The molecule has 2 amide bonds. The number of fused-ring (bicyclic) bond motifs is 1. The quantitative estimate of drug-likeness (QED) is 0.480. The Balaban J connectivity index is 1.77. The Hall–Kier alpha value is -3.53. The molecule has 0 unspecified atom stereocenters. The van der Waals surface area contributed by atoms with Gasteiger partial charge < -0.3 is 15.5 Å². The number of rotatable bonds is 5. The van der Waals surface area contributed by atoms with Crippen LogP contribution in [0.4, 0.5) is 10.3 Å². The second kappa shape index (κ2) is 10.5. The molecule has 10 heteroatoms. The number of hydrogen-bond acceptors (Lipinski definition) is 5. The molecule has 0 spiro atoms. The number of carbonyl (C=O) groups excluding carboxylic acids is 2. The number of nitrogens with one attached hydrogen (secondary N) is 2. The summed E-state index contributed by atoms with van der Waals surface area (Å²) in [4.78, 5) is 45.6. The fourth-order valence-corrected chi connectivity index (χ4v) is 4.90. The van der Waals surface area contributed by atoms with Crippen molar-refractivity contribution >= 4 is 33.7 Å². The van der Waals surface area contributed by atoms with Gasteiger partial charge in [-0.1, -0.05) is 0 Å². The minimum atomic E-state index is -0.470. The summed E-state index contributed by atoms with van der Waals surface area (Å²) in [6.45, 7) is 7.45. The van der Waals surface area contributed by atoms with Gasteiger partial charge in [-0.3, -0.25) is 14.4 Å². The number of amides is 2. The Labute approximate surface area is 223 Å². The number of nitrogens with zero attached hydrogens (tertiary/aromatic N) is 3. The monoisotopic (exact) mass is 569 g/mol. The zero-order chi connectivity index (χ0) is 27.0. The average Bonchev–Trinajstić information content (AvgIpc) is 2.87. The lowest BCUT2D eigenvalue weighted by atomic mass is 9.97. The molecule has 0 fully saturated rings. The van der Waals surface area contributed by atoms with Crippen LogP contribution in [0.15, 0.2) is 45.7 Å². The summed E-state index contributed by atoms with van der Waals surface area (Å²) in [5, 5.41) is 5.82. The van der Waals surface area contributed by atoms with E-state index < -0.39 is 5.82 Å². The molecule has 1 aliphatic rings. The van der Waals surface area contributed by atoms with E-state index in [0.29, 0.717) is 39.4 Å². The van der Waals surface area contributed by atoms with E-state index >= 15 is 0 Å². The normalized spacial score (nSPS) is 14.9. The molecule has 8 nitrogen and oxygen atoms in total. The third-order valence-corrected chi connectivity index (χ3v) is 7.09. The van der Waals surface area contributed by atoms with Crippen LogP contribution in [0.1, 0.15) is 58.3 Å². The number of halogens is 2. The number of benzene rings is 2. The molecule has 0 aliphatic carbocycles. The standard InChI is InChI=1S/C27H29BrFN5O3/c1-14(2)31-27-32-22-13-33(25(36)19-10-11-21(28)23(29)16(19)4)15(3)12-20(22)26(37)34(27)18-8-6-17(7-9-18)24(35)30-5/h6-11,14-15H,12-13H2,1-5H3,(H,30,35)(H,31,32)/t15-/m1/s1. The molecule has 1 aromatic heterocycles. The minimum Gasteiger partial charge on any atom is -0.355 e. The van der Waals surface area contributed by atoms with Crippen molar-refractivity contribution in [3.05, 3.63) is 85.0 Å². The van der Waals surface area contributed by atoms with Crippen molar-refractivity contribution in [1.82, 2.24) is 19.8 Å². The predicted octanol–water partition coefficient (Wildman–Crippen LogP) is 4.21. The molecule has 1 aliphatic heterocycles. The fraction of sp³-hybridized carbons (Fsp3) is 0.333. The molecule has 0 saturated heterocycles. The van der Waals surface area contributed by atoms with Crippen LogP contribution < -0.4 is 16.2 Å². The molecule has 4 rings (SSSR count). The zero-order valence-corrected chi connectivity index (χ0v) is 22.9. The first-order valence-corrected chi connectivity index (χ1v) is 12.8. The fourth-order valence-electron chi connectivity index (χ4n) is 4.47. The Morgan fingerprint density at radius 2 is 1.84 bits per heavy atom. The lowest BCUT2D eigenvalue weighted by Crippen LogP contribution is -2.46. The van der Waals surface area contributed by atoms with Gasteiger partial charge in [0.25, 0.3) is 17.4 Å². The van der Waals surface area contributed by atoms with Gasteiger partial charge in [0.2, 0.25) is 5.95 Å². The highest BCUT2D eigenvalue weighted by Crippen LogP contribution is 2.28. The minimum absolute atomic E-state index is 0.0185. The van der Waals surface area contributed by atoms with Crippen molar-refractivity contribution in [2.45, 2.75) is 52.7 Å². The van der Waals surface area contributed by atoms with Gasteiger partial charge in [-0.05, 0) is 92.0 Å². The summed E-state index contributed by atoms with van der Waals surface area (Å²) >= 11 is 3.16. The largest absolute Gasteiger partial charge is 0.355 e. The smallest absolute Gasteiger partial charge is 0.263 e. The Morgan fingerprint density at radius 1 is 1.16 bits per heavy atom. The lowest BCUT2D eigenvalue weighted by Gasteiger charge is -2.35. The molecular weight excluding hydrogens is 541 g/mol. The van der Waals surface area contributed by atoms with Gasteiger partial charge in [0, 0.05) is 35.8 Å². The summed E-state index contributed by atoms with van der Waals surface area (Å²) in [5.41, 5.74) is 2.40. The first kappa shape index (κ1) is 26.5. The number of anilines is 1. The van der Waals surface area contributed by atoms with Crippen molar-refractivity contribution in [3.63, 3.8) is 0 Å². The molecule has 1 atom stereocenters. The number of carbonyl (C=O) groups is 2. The van der Waals surface area contributed by atoms with Crippen LogP contribution in [0.5, 0.6) is 0 Å². The summed E-state index contributed by atoms with van der Waals surface area (Å²) in [7, 11) is 1.56. The van der Waals surface area contributed by atoms with E-state index in [0.717, 1.165) is 0 Å². The van der Waals surface area contributed by atoms with Gasteiger partial charge in [0.1, 0.15) is 5.82 Å². The third kappa shape index (κ3) is 5.02. The van der Waals surface area contributed by atoms with Gasteiger partial charge in [0.15, 0.2) is 0 Å².